The number of hydrogen-bond acceptors (Lipinski definition) is 3. The molecular weight excluding hydrogens is 182 g/mol. The quantitative estimate of drug-likeness (QED) is 0.726. The van der Waals surface area contributed by atoms with Gasteiger partial charge in [0, 0.05) is 4.90 Å². The van der Waals surface area contributed by atoms with E-state index < -0.39 is 0 Å². The molecule has 0 bridgehead atoms. The summed E-state index contributed by atoms with van der Waals surface area (Å²) in [5.41, 5.74) is 6.41. The fourth-order valence-electron chi connectivity index (χ4n) is 1.18. The molecule has 0 aliphatic carbocycles. The van der Waals surface area contributed by atoms with E-state index in [0.717, 1.165) is 18.4 Å². The molecule has 0 atom stereocenters. The molecule has 13 heavy (non-hydrogen) atoms. The first-order valence-corrected chi connectivity index (χ1v) is 5.56. The van der Waals surface area contributed by atoms with Crippen LogP contribution in [0.25, 0.3) is 0 Å². The van der Waals surface area contributed by atoms with Crippen LogP contribution in [0.2, 0.25) is 0 Å². The Bertz CT molecular complexity index is 276. The summed E-state index contributed by atoms with van der Waals surface area (Å²) in [6.45, 7) is 0.670. The molecular formula is C10H15NOS. The van der Waals surface area contributed by atoms with E-state index in [-0.39, 0.29) is 0 Å². The molecule has 0 spiro atoms. The second kappa shape index (κ2) is 5.14. The molecule has 1 aromatic carbocycles. The average molecular weight is 197 g/mol. The van der Waals surface area contributed by atoms with Crippen LogP contribution >= 0.6 is 11.8 Å². The first-order valence-electron chi connectivity index (χ1n) is 4.34. The second-order valence-corrected chi connectivity index (χ2v) is 3.77. The van der Waals surface area contributed by atoms with Crippen LogP contribution in [0, 0.1) is 0 Å². The van der Waals surface area contributed by atoms with Gasteiger partial charge in [0.1, 0.15) is 5.75 Å². The van der Waals surface area contributed by atoms with Gasteiger partial charge in [0.2, 0.25) is 0 Å². The fourth-order valence-corrected chi connectivity index (χ4v) is 1.65. The van der Waals surface area contributed by atoms with E-state index in [1.807, 2.05) is 18.4 Å². The lowest BCUT2D eigenvalue weighted by atomic mass is 10.1. The molecule has 0 saturated carbocycles. The molecule has 0 aliphatic rings. The van der Waals surface area contributed by atoms with Crippen LogP contribution in [0.3, 0.4) is 0 Å². The molecule has 0 fully saturated rings. The summed E-state index contributed by atoms with van der Waals surface area (Å²) in [6, 6.07) is 5.69. The van der Waals surface area contributed by atoms with Crippen molar-refractivity contribution in [3.05, 3.63) is 23.8 Å². The third kappa shape index (κ3) is 2.94. The van der Waals surface area contributed by atoms with Gasteiger partial charge in [0.25, 0.3) is 0 Å². The zero-order valence-corrected chi connectivity index (χ0v) is 8.60. The standard InChI is InChI=1S/C10H15NOS/c1-13-9-4-5-10(12)8(7-9)3-2-6-11/h4-5,7,12H,2-3,6,11H2,1H3. The van der Waals surface area contributed by atoms with Gasteiger partial charge in [-0.25, -0.2) is 0 Å². The van der Waals surface area contributed by atoms with Crippen molar-refractivity contribution >= 4 is 11.8 Å². The number of thioether (sulfide) groups is 1. The Morgan fingerprint density at radius 1 is 1.46 bits per heavy atom. The third-order valence-corrected chi connectivity index (χ3v) is 2.66. The molecule has 0 saturated heterocycles. The molecule has 3 N–H and O–H groups in total. The van der Waals surface area contributed by atoms with Crippen molar-refractivity contribution in [2.24, 2.45) is 5.73 Å². The fraction of sp³-hybridized carbons (Fsp3) is 0.400. The van der Waals surface area contributed by atoms with Gasteiger partial charge in [-0.1, -0.05) is 0 Å². The van der Waals surface area contributed by atoms with Crippen molar-refractivity contribution in [3.63, 3.8) is 0 Å². The Morgan fingerprint density at radius 3 is 2.85 bits per heavy atom. The molecule has 3 heteroatoms. The SMILES string of the molecule is CSc1ccc(O)c(CCCN)c1. The normalized spacial score (nSPS) is 10.3. The number of phenols is 1. The molecule has 2 nitrogen and oxygen atoms in total. The number of nitrogens with two attached hydrogens (primary N) is 1. The Hall–Kier alpha value is -0.670. The van der Waals surface area contributed by atoms with Gasteiger partial charge in [0.05, 0.1) is 0 Å². The maximum Gasteiger partial charge on any atom is 0.118 e. The van der Waals surface area contributed by atoms with Crippen LogP contribution < -0.4 is 5.73 Å². The number of aryl methyl sites for hydroxylation is 1. The van der Waals surface area contributed by atoms with Crippen molar-refractivity contribution in [1.82, 2.24) is 0 Å². The smallest absolute Gasteiger partial charge is 0.118 e. The van der Waals surface area contributed by atoms with E-state index >= 15 is 0 Å². The van der Waals surface area contributed by atoms with Crippen LogP contribution in [-0.4, -0.2) is 17.9 Å². The zero-order chi connectivity index (χ0) is 9.68. The number of hydrogen-bond donors (Lipinski definition) is 2. The Morgan fingerprint density at radius 2 is 2.23 bits per heavy atom. The van der Waals surface area contributed by atoms with Gasteiger partial charge in [-0.3, -0.25) is 0 Å². The van der Waals surface area contributed by atoms with Crippen LogP contribution in [0.5, 0.6) is 5.75 Å². The summed E-state index contributed by atoms with van der Waals surface area (Å²) in [6.07, 6.45) is 3.81. The lowest BCUT2D eigenvalue weighted by molar-refractivity contribution is 0.466. The summed E-state index contributed by atoms with van der Waals surface area (Å²) in [5, 5.41) is 9.51. The Balaban J connectivity index is 2.78. The molecule has 0 aromatic heterocycles. The highest BCUT2D eigenvalue weighted by atomic mass is 32.2. The maximum atomic E-state index is 9.51. The van der Waals surface area contributed by atoms with Crippen LogP contribution in [0.15, 0.2) is 23.1 Å². The van der Waals surface area contributed by atoms with E-state index in [9.17, 15) is 5.11 Å². The number of benzene rings is 1. The van der Waals surface area contributed by atoms with Gasteiger partial charge in [-0.15, -0.1) is 11.8 Å². The Kier molecular flexibility index (Phi) is 4.12. The number of aromatic hydroxyl groups is 1. The second-order valence-electron chi connectivity index (χ2n) is 2.89. The Labute approximate surface area is 83.1 Å². The van der Waals surface area contributed by atoms with E-state index in [1.165, 1.54) is 4.90 Å². The van der Waals surface area contributed by atoms with E-state index in [4.69, 9.17) is 5.73 Å². The van der Waals surface area contributed by atoms with Crippen LogP contribution in [-0.2, 0) is 6.42 Å². The predicted octanol–water partition coefficient (Wildman–Crippen LogP) is 2.01. The van der Waals surface area contributed by atoms with Crippen molar-refractivity contribution in [2.75, 3.05) is 12.8 Å². The van der Waals surface area contributed by atoms with Gasteiger partial charge >= 0.3 is 0 Å². The first-order chi connectivity index (χ1) is 6.27. The molecule has 0 unspecified atom stereocenters. The average Bonchev–Trinajstić information content (AvgIpc) is 2.17. The van der Waals surface area contributed by atoms with Gasteiger partial charge in [0.15, 0.2) is 0 Å². The number of phenolic OH excluding ortho intramolecular Hbond substituents is 1. The van der Waals surface area contributed by atoms with Crippen LogP contribution in [0.4, 0.5) is 0 Å². The minimum absolute atomic E-state index is 0.381. The minimum Gasteiger partial charge on any atom is -0.508 e. The lowest BCUT2D eigenvalue weighted by Crippen LogP contribution is -2.00. The summed E-state index contributed by atoms with van der Waals surface area (Å²) >= 11 is 1.68. The highest BCUT2D eigenvalue weighted by Crippen LogP contribution is 2.24. The lowest BCUT2D eigenvalue weighted by Gasteiger charge is -2.05. The van der Waals surface area contributed by atoms with E-state index in [1.54, 1.807) is 17.8 Å². The van der Waals surface area contributed by atoms with E-state index in [0.29, 0.717) is 12.3 Å². The molecule has 1 aromatic rings. The predicted molar refractivity (Wildman–Crippen MR) is 57.3 cm³/mol. The van der Waals surface area contributed by atoms with Crippen molar-refractivity contribution in [1.29, 1.82) is 0 Å². The first kappa shape index (κ1) is 10.4. The summed E-state index contributed by atoms with van der Waals surface area (Å²) in [4.78, 5) is 1.19. The minimum atomic E-state index is 0.381. The van der Waals surface area contributed by atoms with Gasteiger partial charge in [-0.2, -0.15) is 0 Å². The largest absolute Gasteiger partial charge is 0.508 e. The topological polar surface area (TPSA) is 46.2 Å². The molecule has 72 valence electrons. The molecule has 1 rings (SSSR count). The van der Waals surface area contributed by atoms with Crippen molar-refractivity contribution < 1.29 is 5.11 Å². The summed E-state index contributed by atoms with van der Waals surface area (Å²) in [5.74, 6) is 0.381. The van der Waals surface area contributed by atoms with Gasteiger partial charge in [-0.05, 0) is 49.4 Å². The van der Waals surface area contributed by atoms with Gasteiger partial charge < -0.3 is 10.8 Å². The van der Waals surface area contributed by atoms with Crippen LogP contribution in [0.1, 0.15) is 12.0 Å². The summed E-state index contributed by atoms with van der Waals surface area (Å²) in [7, 11) is 0. The third-order valence-electron chi connectivity index (χ3n) is 1.94. The molecule has 0 heterocycles. The molecule has 0 aliphatic heterocycles. The zero-order valence-electron chi connectivity index (χ0n) is 7.79. The highest BCUT2D eigenvalue weighted by Gasteiger charge is 2.01. The number of rotatable bonds is 4. The molecule has 0 amide bonds. The monoisotopic (exact) mass is 197 g/mol. The highest BCUT2D eigenvalue weighted by molar-refractivity contribution is 7.98. The molecule has 0 radical (unpaired) electrons. The van der Waals surface area contributed by atoms with Crippen molar-refractivity contribution in [3.8, 4) is 5.75 Å². The van der Waals surface area contributed by atoms with E-state index in [2.05, 4.69) is 0 Å². The summed E-state index contributed by atoms with van der Waals surface area (Å²) < 4.78 is 0. The van der Waals surface area contributed by atoms with Crippen molar-refractivity contribution in [2.45, 2.75) is 17.7 Å². The maximum absolute atomic E-state index is 9.51.